The van der Waals surface area contributed by atoms with Crippen LogP contribution in [0.25, 0.3) is 0 Å². The summed E-state index contributed by atoms with van der Waals surface area (Å²) in [6.07, 6.45) is 2.98. The number of rotatable bonds is 11. The predicted octanol–water partition coefficient (Wildman–Crippen LogP) is 3.94. The fourth-order valence-electron chi connectivity index (χ4n) is 7.50. The standard InChI is InChI=1S/C39H36N8O6S2.2ClH/c40-38-43-32(45-55-38)29(44-53-39(25-10-4-1-5-11-25,26-12-6-2-7-13-26)27-14-8-3-9-15-27)33(48)42-30-35(50)47-31(37(51)52)24(22-54-36(30)47)20-23-17-19-46(34(23)49)28-16-18-41-21-28;;/h1-15,20,28,30,36,41H,16-19,21-22H2,(H,42,48)(H,51,52)(H2,40,43,45);2*1H/t28-,30+,36+;;/m0../s1. The second-order valence-corrected chi connectivity index (χ2v) is 15.3. The number of hydrogen-bond donors (Lipinski definition) is 4. The Kier molecular flexibility index (Phi) is 12.7. The maximum absolute atomic E-state index is 14.2. The topological polar surface area (TPSA) is 192 Å². The lowest BCUT2D eigenvalue weighted by Gasteiger charge is -2.49. The Labute approximate surface area is 348 Å². The molecule has 5 heterocycles. The van der Waals surface area contributed by atoms with Crippen molar-refractivity contribution in [1.29, 1.82) is 0 Å². The van der Waals surface area contributed by atoms with E-state index in [0.717, 1.165) is 47.7 Å². The summed E-state index contributed by atoms with van der Waals surface area (Å²) in [6.45, 7) is 2.14. The van der Waals surface area contributed by atoms with Crippen LogP contribution in [0.4, 0.5) is 5.13 Å². The molecular formula is C39H38Cl2N8O6S2. The van der Waals surface area contributed by atoms with Gasteiger partial charge in [-0.3, -0.25) is 19.3 Å². The number of fused-ring (bicyclic) bond motifs is 1. The molecule has 296 valence electrons. The third-order valence-corrected chi connectivity index (χ3v) is 12.0. The Morgan fingerprint density at radius 2 is 1.60 bits per heavy atom. The first-order valence-electron chi connectivity index (χ1n) is 17.7. The summed E-state index contributed by atoms with van der Waals surface area (Å²) >= 11 is 2.17. The molecule has 14 nitrogen and oxygen atoms in total. The van der Waals surface area contributed by atoms with E-state index in [-0.39, 0.29) is 64.9 Å². The summed E-state index contributed by atoms with van der Waals surface area (Å²) < 4.78 is 4.25. The SMILES string of the molecule is Cl.Cl.Nc1nc(C(=NOC(c2ccccc2)(c2ccccc2)c2ccccc2)C(=O)N[C@@H]2C(=O)N3C(C(=O)O)=C(C=C4CCN([C@H]5CCNC5)C4=O)CS[C@H]23)ns1. The van der Waals surface area contributed by atoms with Crippen molar-refractivity contribution in [3.63, 3.8) is 0 Å². The monoisotopic (exact) mass is 848 g/mol. The van der Waals surface area contributed by atoms with Crippen molar-refractivity contribution in [3.8, 4) is 0 Å². The average Bonchev–Trinajstić information content (AvgIpc) is 3.98. The molecule has 1 aromatic heterocycles. The molecule has 3 amide bonds. The number of hydrogen-bond acceptors (Lipinski definition) is 12. The number of likely N-dealkylation sites (tertiary alicyclic amines) is 1. The number of amides is 3. The first-order chi connectivity index (χ1) is 26.8. The zero-order chi connectivity index (χ0) is 38.1. The highest BCUT2D eigenvalue weighted by Crippen LogP contribution is 2.43. The minimum absolute atomic E-state index is 0. The highest BCUT2D eigenvalue weighted by Gasteiger charge is 2.54. The number of nitrogens with one attached hydrogen (secondary N) is 2. The van der Waals surface area contributed by atoms with Gasteiger partial charge >= 0.3 is 5.97 Å². The van der Waals surface area contributed by atoms with Crippen LogP contribution < -0.4 is 16.4 Å². The van der Waals surface area contributed by atoms with Crippen molar-refractivity contribution in [3.05, 3.63) is 136 Å². The van der Waals surface area contributed by atoms with Crippen LogP contribution in [0.15, 0.2) is 119 Å². The van der Waals surface area contributed by atoms with E-state index in [4.69, 9.17) is 10.6 Å². The van der Waals surface area contributed by atoms with Crippen LogP contribution in [-0.4, -0.2) is 96.5 Å². The van der Waals surface area contributed by atoms with Crippen molar-refractivity contribution in [1.82, 2.24) is 29.8 Å². The molecule has 4 aliphatic rings. The van der Waals surface area contributed by atoms with Gasteiger partial charge in [0, 0.05) is 58.7 Å². The fourth-order valence-corrected chi connectivity index (χ4v) is 9.24. The molecule has 4 aliphatic heterocycles. The summed E-state index contributed by atoms with van der Waals surface area (Å²) in [7, 11) is 0. The van der Waals surface area contributed by atoms with Crippen LogP contribution in [0.1, 0.15) is 35.4 Å². The van der Waals surface area contributed by atoms with Crippen molar-refractivity contribution in [2.45, 2.75) is 35.9 Å². The van der Waals surface area contributed by atoms with Gasteiger partial charge in [0.15, 0.2) is 5.13 Å². The van der Waals surface area contributed by atoms with Gasteiger partial charge in [0.05, 0.1) is 0 Å². The Bertz CT molecular complexity index is 2140. The molecule has 3 atom stereocenters. The van der Waals surface area contributed by atoms with E-state index in [9.17, 15) is 24.3 Å². The van der Waals surface area contributed by atoms with Gasteiger partial charge in [-0.2, -0.15) is 9.36 Å². The van der Waals surface area contributed by atoms with Gasteiger partial charge in [0.2, 0.25) is 23.0 Å². The molecule has 0 radical (unpaired) electrons. The number of aliphatic carboxylic acids is 1. The molecule has 3 fully saturated rings. The van der Waals surface area contributed by atoms with Crippen LogP contribution in [0.2, 0.25) is 0 Å². The number of carbonyl (C=O) groups is 4. The zero-order valence-electron chi connectivity index (χ0n) is 30.1. The minimum atomic E-state index is -1.34. The van der Waals surface area contributed by atoms with Gasteiger partial charge < -0.3 is 31.2 Å². The largest absolute Gasteiger partial charge is 0.477 e. The van der Waals surface area contributed by atoms with E-state index in [1.165, 1.54) is 16.7 Å². The maximum atomic E-state index is 14.2. The first kappa shape index (κ1) is 41.4. The molecule has 8 rings (SSSR count). The summed E-state index contributed by atoms with van der Waals surface area (Å²) in [5, 5.41) is 20.1. The van der Waals surface area contributed by atoms with Crippen LogP contribution in [0, 0.1) is 0 Å². The number of carboxylic acids is 1. The number of carbonyl (C=O) groups excluding carboxylic acids is 3. The Hall–Kier alpha value is -5.26. The lowest BCUT2D eigenvalue weighted by Crippen LogP contribution is -2.71. The molecule has 0 bridgehead atoms. The van der Waals surface area contributed by atoms with Gasteiger partial charge in [-0.1, -0.05) is 96.2 Å². The molecule has 4 aromatic rings. The predicted molar refractivity (Wildman–Crippen MR) is 221 cm³/mol. The molecule has 5 N–H and O–H groups in total. The maximum Gasteiger partial charge on any atom is 0.352 e. The number of benzene rings is 3. The molecule has 0 saturated carbocycles. The number of aromatic nitrogens is 2. The van der Waals surface area contributed by atoms with Crippen molar-refractivity contribution >= 4 is 82.6 Å². The van der Waals surface area contributed by atoms with Crippen LogP contribution in [0.3, 0.4) is 0 Å². The molecule has 0 aliphatic carbocycles. The van der Waals surface area contributed by atoms with E-state index in [1.807, 2.05) is 95.9 Å². The van der Waals surface area contributed by atoms with Gasteiger partial charge in [0.1, 0.15) is 17.1 Å². The smallest absolute Gasteiger partial charge is 0.352 e. The van der Waals surface area contributed by atoms with Gasteiger partial charge in [-0.05, 0) is 31.0 Å². The number of thioether (sulfide) groups is 1. The quantitative estimate of drug-likeness (QED) is 0.0562. The summed E-state index contributed by atoms with van der Waals surface area (Å²) in [5.74, 6) is -2.73. The Morgan fingerprint density at radius 1 is 0.982 bits per heavy atom. The number of nitrogens with zero attached hydrogens (tertiary/aromatic N) is 5. The molecule has 18 heteroatoms. The summed E-state index contributed by atoms with van der Waals surface area (Å²) in [5.41, 5.74) is 7.16. The zero-order valence-corrected chi connectivity index (χ0v) is 33.4. The average molecular weight is 850 g/mol. The van der Waals surface area contributed by atoms with E-state index >= 15 is 0 Å². The molecule has 57 heavy (non-hydrogen) atoms. The number of oxime groups is 1. The summed E-state index contributed by atoms with van der Waals surface area (Å²) in [4.78, 5) is 67.6. The lowest BCUT2D eigenvalue weighted by atomic mass is 9.80. The number of β-lactam (4-membered cyclic amide) rings is 1. The van der Waals surface area contributed by atoms with Crippen LogP contribution >= 0.6 is 48.1 Å². The van der Waals surface area contributed by atoms with Crippen LogP contribution in [0.5, 0.6) is 0 Å². The van der Waals surface area contributed by atoms with Crippen molar-refractivity contribution in [2.24, 2.45) is 5.16 Å². The third-order valence-electron chi connectivity index (χ3n) is 10.2. The number of allylic oxidation sites excluding steroid dienone is 1. The fraction of sp³-hybridized carbons (Fsp3) is 0.256. The Balaban J connectivity index is 0.00000275. The van der Waals surface area contributed by atoms with Crippen molar-refractivity contribution < 1.29 is 29.1 Å². The molecule has 0 unspecified atom stereocenters. The molecule has 0 spiro atoms. The van der Waals surface area contributed by atoms with E-state index in [2.05, 4.69) is 25.1 Å². The highest BCUT2D eigenvalue weighted by molar-refractivity contribution is 8.00. The number of nitrogens with two attached hydrogens (primary N) is 1. The molecule has 3 saturated heterocycles. The highest BCUT2D eigenvalue weighted by atomic mass is 35.5. The number of nitrogen functional groups attached to an aromatic ring is 1. The van der Waals surface area contributed by atoms with Gasteiger partial charge in [-0.25, -0.2) is 4.79 Å². The van der Waals surface area contributed by atoms with Crippen molar-refractivity contribution in [2.75, 3.05) is 31.1 Å². The number of halogens is 2. The Morgan fingerprint density at radius 3 is 2.12 bits per heavy atom. The molecule has 3 aromatic carbocycles. The summed E-state index contributed by atoms with van der Waals surface area (Å²) in [6, 6.07) is 27.4. The van der Waals surface area contributed by atoms with E-state index in [0.29, 0.717) is 24.1 Å². The molecular weight excluding hydrogens is 812 g/mol. The van der Waals surface area contributed by atoms with E-state index < -0.39 is 34.8 Å². The number of carboxylic acid groups (broad SMARTS) is 1. The third kappa shape index (κ3) is 7.75. The minimum Gasteiger partial charge on any atom is -0.477 e. The van der Waals surface area contributed by atoms with Gasteiger partial charge in [0.25, 0.3) is 11.8 Å². The number of anilines is 1. The van der Waals surface area contributed by atoms with Crippen LogP contribution in [-0.2, 0) is 29.6 Å². The van der Waals surface area contributed by atoms with Gasteiger partial charge in [-0.15, -0.1) is 36.6 Å². The second kappa shape index (κ2) is 17.5. The second-order valence-electron chi connectivity index (χ2n) is 13.4. The first-order valence-corrected chi connectivity index (χ1v) is 19.5. The lowest BCUT2D eigenvalue weighted by molar-refractivity contribution is -0.150. The van der Waals surface area contributed by atoms with E-state index in [1.54, 1.807) is 6.08 Å². The normalized spacial score (nSPS) is 21.4.